The van der Waals surface area contributed by atoms with Crippen LogP contribution < -0.4 is 10.1 Å². The molecule has 0 spiro atoms. The average molecular weight is 553 g/mol. The summed E-state index contributed by atoms with van der Waals surface area (Å²) in [6.07, 6.45) is 7.75. The molecule has 40 heavy (non-hydrogen) atoms. The van der Waals surface area contributed by atoms with Crippen LogP contribution in [0.2, 0.25) is 0 Å². The van der Waals surface area contributed by atoms with Crippen LogP contribution in [-0.2, 0) is 21.3 Å². The third-order valence-corrected chi connectivity index (χ3v) is 7.59. The van der Waals surface area contributed by atoms with Gasteiger partial charge in [0.2, 0.25) is 5.88 Å². The van der Waals surface area contributed by atoms with Gasteiger partial charge in [-0.1, -0.05) is 12.1 Å². The molecular formula is C30H34F2N4O4. The largest absolute Gasteiger partial charge is 0.474 e. The molecule has 0 atom stereocenters. The first-order chi connectivity index (χ1) is 19.4. The molecule has 1 N–H and O–H groups in total. The Morgan fingerprint density at radius 3 is 2.52 bits per heavy atom. The van der Waals surface area contributed by atoms with Crippen LogP contribution >= 0.6 is 0 Å². The summed E-state index contributed by atoms with van der Waals surface area (Å²) in [4.78, 5) is 8.80. The van der Waals surface area contributed by atoms with Crippen molar-refractivity contribution in [2.24, 2.45) is 7.05 Å². The summed E-state index contributed by atoms with van der Waals surface area (Å²) in [6.45, 7) is 0.731. The SMILES string of the molecule is Cn1c2ccncc2c2ccc(-c3ccc(OC4CC(OCCCOCC(F)(F)COC5CNC5)C4)nc3)cc21. The lowest BCUT2D eigenvalue weighted by atomic mass is 9.92. The molecule has 3 aromatic heterocycles. The van der Waals surface area contributed by atoms with E-state index >= 15 is 0 Å². The normalized spacial score (nSPS) is 19.6. The van der Waals surface area contributed by atoms with E-state index in [1.54, 1.807) is 0 Å². The van der Waals surface area contributed by atoms with Crippen molar-refractivity contribution in [2.45, 2.75) is 43.5 Å². The summed E-state index contributed by atoms with van der Waals surface area (Å²) >= 11 is 0. The maximum Gasteiger partial charge on any atom is 0.293 e. The van der Waals surface area contributed by atoms with Crippen molar-refractivity contribution in [3.05, 3.63) is 55.0 Å². The number of aryl methyl sites for hydroxylation is 1. The maximum absolute atomic E-state index is 13.8. The molecule has 1 aromatic carbocycles. The Balaban J connectivity index is 0.901. The number of pyridine rings is 2. The Morgan fingerprint density at radius 1 is 0.900 bits per heavy atom. The molecular weight excluding hydrogens is 518 g/mol. The number of halogens is 2. The van der Waals surface area contributed by atoms with Crippen molar-refractivity contribution in [1.29, 1.82) is 0 Å². The molecule has 0 unspecified atom stereocenters. The average Bonchev–Trinajstić information content (AvgIpc) is 3.19. The van der Waals surface area contributed by atoms with Crippen molar-refractivity contribution < 1.29 is 27.7 Å². The first-order valence-corrected chi connectivity index (χ1v) is 13.8. The van der Waals surface area contributed by atoms with Crippen LogP contribution in [0.3, 0.4) is 0 Å². The van der Waals surface area contributed by atoms with Crippen LogP contribution in [0.4, 0.5) is 8.78 Å². The molecule has 0 amide bonds. The van der Waals surface area contributed by atoms with E-state index in [9.17, 15) is 8.78 Å². The summed E-state index contributed by atoms with van der Waals surface area (Å²) in [7, 11) is 2.07. The first kappa shape index (κ1) is 27.0. The monoisotopic (exact) mass is 552 g/mol. The number of aromatic nitrogens is 3. The molecule has 212 valence electrons. The standard InChI is InChI=1S/C30H34F2N4O4/c1-36-27-7-8-33-17-26(27)25-5-3-20(11-28(25)36)21-4-6-29(35-14-21)40-23-12-22(13-23)38-10-2-9-37-18-30(31,32)19-39-24-15-34-16-24/h3-8,11,14,17,22-24,34H,2,9-10,12-13,15-16,18-19H2,1H3. The number of benzene rings is 1. The minimum atomic E-state index is -2.97. The van der Waals surface area contributed by atoms with Crippen molar-refractivity contribution in [3.63, 3.8) is 0 Å². The minimum Gasteiger partial charge on any atom is -0.474 e. The Kier molecular flexibility index (Phi) is 7.93. The van der Waals surface area contributed by atoms with Gasteiger partial charge in [-0.2, -0.15) is 0 Å². The second-order valence-electron chi connectivity index (χ2n) is 10.6. The van der Waals surface area contributed by atoms with Gasteiger partial charge in [0, 0.05) is 92.7 Å². The summed E-state index contributed by atoms with van der Waals surface area (Å²) in [5.74, 6) is -2.38. The predicted molar refractivity (Wildman–Crippen MR) is 148 cm³/mol. The number of ether oxygens (including phenoxy) is 4. The van der Waals surface area contributed by atoms with Gasteiger partial charge in [-0.3, -0.25) is 4.98 Å². The summed E-state index contributed by atoms with van der Waals surface area (Å²) in [5, 5.41) is 5.31. The van der Waals surface area contributed by atoms with E-state index in [4.69, 9.17) is 18.9 Å². The number of hydrogen-bond acceptors (Lipinski definition) is 7. The fraction of sp³-hybridized carbons (Fsp3) is 0.467. The molecule has 6 rings (SSSR count). The molecule has 10 heteroatoms. The second kappa shape index (κ2) is 11.7. The first-order valence-electron chi connectivity index (χ1n) is 13.8. The van der Waals surface area contributed by atoms with Crippen molar-refractivity contribution >= 4 is 21.8 Å². The molecule has 0 radical (unpaired) electrons. The lowest BCUT2D eigenvalue weighted by Crippen LogP contribution is -2.50. The van der Waals surface area contributed by atoms with Crippen LogP contribution in [0.5, 0.6) is 5.88 Å². The third-order valence-electron chi connectivity index (χ3n) is 7.59. The highest BCUT2D eigenvalue weighted by Gasteiger charge is 2.33. The maximum atomic E-state index is 13.8. The highest BCUT2D eigenvalue weighted by molar-refractivity contribution is 6.08. The van der Waals surface area contributed by atoms with Crippen LogP contribution in [0, 0.1) is 0 Å². The van der Waals surface area contributed by atoms with Gasteiger partial charge in [0.25, 0.3) is 5.92 Å². The van der Waals surface area contributed by atoms with Gasteiger partial charge < -0.3 is 28.8 Å². The van der Waals surface area contributed by atoms with E-state index in [1.165, 1.54) is 5.39 Å². The number of fused-ring (bicyclic) bond motifs is 3. The molecule has 4 heterocycles. The quantitative estimate of drug-likeness (QED) is 0.240. The number of alkyl halides is 2. The molecule has 1 aliphatic heterocycles. The lowest BCUT2D eigenvalue weighted by Gasteiger charge is -2.34. The molecule has 1 aliphatic carbocycles. The highest BCUT2D eigenvalue weighted by atomic mass is 19.3. The van der Waals surface area contributed by atoms with Crippen LogP contribution in [0.15, 0.2) is 55.0 Å². The fourth-order valence-corrected chi connectivity index (χ4v) is 5.07. The molecule has 1 saturated carbocycles. The van der Waals surface area contributed by atoms with E-state index in [2.05, 4.69) is 45.1 Å². The summed E-state index contributed by atoms with van der Waals surface area (Å²) in [6, 6.07) is 12.4. The van der Waals surface area contributed by atoms with E-state index in [0.29, 0.717) is 32.0 Å². The zero-order chi connectivity index (χ0) is 27.5. The molecule has 2 aliphatic rings. The highest BCUT2D eigenvalue weighted by Crippen LogP contribution is 2.32. The Hall–Kier alpha value is -3.18. The van der Waals surface area contributed by atoms with Gasteiger partial charge >= 0.3 is 0 Å². The van der Waals surface area contributed by atoms with Crippen LogP contribution in [0.1, 0.15) is 19.3 Å². The third kappa shape index (κ3) is 6.10. The molecule has 8 nitrogen and oxygen atoms in total. The molecule has 2 fully saturated rings. The zero-order valence-corrected chi connectivity index (χ0v) is 22.5. The predicted octanol–water partition coefficient (Wildman–Crippen LogP) is 4.75. The number of nitrogens with one attached hydrogen (secondary N) is 1. The molecule has 4 aromatic rings. The van der Waals surface area contributed by atoms with Crippen LogP contribution in [0.25, 0.3) is 32.9 Å². The fourth-order valence-electron chi connectivity index (χ4n) is 5.07. The smallest absolute Gasteiger partial charge is 0.293 e. The Morgan fingerprint density at radius 2 is 1.75 bits per heavy atom. The second-order valence-corrected chi connectivity index (χ2v) is 10.6. The number of rotatable bonds is 13. The van der Waals surface area contributed by atoms with Gasteiger partial charge in [-0.15, -0.1) is 0 Å². The summed E-state index contributed by atoms with van der Waals surface area (Å²) < 4.78 is 51.8. The van der Waals surface area contributed by atoms with Crippen molar-refractivity contribution in [3.8, 4) is 17.0 Å². The van der Waals surface area contributed by atoms with E-state index < -0.39 is 19.1 Å². The Labute approximate surface area is 231 Å². The lowest BCUT2D eigenvalue weighted by molar-refractivity contribution is -0.144. The van der Waals surface area contributed by atoms with E-state index in [-0.39, 0.29) is 24.9 Å². The Bertz CT molecular complexity index is 1440. The van der Waals surface area contributed by atoms with Gasteiger partial charge in [-0.05, 0) is 30.2 Å². The molecule has 1 saturated heterocycles. The summed E-state index contributed by atoms with van der Waals surface area (Å²) in [5.41, 5.74) is 4.42. The number of hydrogen-bond donors (Lipinski definition) is 1. The van der Waals surface area contributed by atoms with Crippen molar-refractivity contribution in [1.82, 2.24) is 19.9 Å². The van der Waals surface area contributed by atoms with Crippen molar-refractivity contribution in [2.75, 3.05) is 39.5 Å². The van der Waals surface area contributed by atoms with Gasteiger partial charge in [0.05, 0.1) is 17.7 Å². The number of nitrogens with zero attached hydrogens (tertiary/aromatic N) is 3. The molecule has 0 bridgehead atoms. The van der Waals surface area contributed by atoms with Gasteiger partial charge in [0.1, 0.15) is 19.3 Å². The van der Waals surface area contributed by atoms with E-state index in [1.807, 2.05) is 36.8 Å². The zero-order valence-electron chi connectivity index (χ0n) is 22.5. The van der Waals surface area contributed by atoms with Gasteiger partial charge in [0.15, 0.2) is 0 Å². The topological polar surface area (TPSA) is 79.7 Å². The van der Waals surface area contributed by atoms with Crippen LogP contribution in [-0.4, -0.2) is 78.3 Å². The van der Waals surface area contributed by atoms with Gasteiger partial charge in [-0.25, -0.2) is 13.8 Å². The van der Waals surface area contributed by atoms with E-state index in [0.717, 1.165) is 40.4 Å². The minimum absolute atomic E-state index is 0.0601.